The fraction of sp³-hybridized carbons (Fsp3) is 0.400. The zero-order valence-electron chi connectivity index (χ0n) is 9.00. The van der Waals surface area contributed by atoms with Crippen LogP contribution in [0.4, 0.5) is 10.1 Å². The van der Waals surface area contributed by atoms with Crippen LogP contribution in [0.25, 0.3) is 0 Å². The van der Waals surface area contributed by atoms with Crippen LogP contribution in [0, 0.1) is 5.82 Å². The molecule has 0 heterocycles. The summed E-state index contributed by atoms with van der Waals surface area (Å²) in [4.78, 5) is 0. The minimum Gasteiger partial charge on any atom is -0.381 e. The molecule has 0 aromatic heterocycles. The van der Waals surface area contributed by atoms with Gasteiger partial charge in [0.05, 0.1) is 11.4 Å². The fourth-order valence-corrected chi connectivity index (χ4v) is 2.72. The monoisotopic (exact) mass is 309 g/mol. The smallest absolute Gasteiger partial charge is 0.149 e. The van der Waals surface area contributed by atoms with Gasteiger partial charge in [-0.2, -0.15) is 0 Å². The molecule has 1 aromatic carbocycles. The molecule has 1 atom stereocenters. The van der Waals surface area contributed by atoms with Crippen molar-refractivity contribution < 1.29 is 12.8 Å². The van der Waals surface area contributed by atoms with Gasteiger partial charge in [-0.1, -0.05) is 0 Å². The first kappa shape index (κ1) is 13.4. The van der Waals surface area contributed by atoms with Gasteiger partial charge in [0.15, 0.2) is 0 Å². The highest BCUT2D eigenvalue weighted by atomic mass is 79.9. The normalized spacial score (nSPS) is 13.5. The van der Waals surface area contributed by atoms with Crippen molar-refractivity contribution in [1.29, 1.82) is 0 Å². The molecule has 0 saturated heterocycles. The van der Waals surface area contributed by atoms with E-state index in [-0.39, 0.29) is 17.6 Å². The Morgan fingerprint density at radius 2 is 2.12 bits per heavy atom. The first-order valence-electron chi connectivity index (χ1n) is 4.67. The quantitative estimate of drug-likeness (QED) is 0.929. The Balaban J connectivity index is 2.77. The van der Waals surface area contributed by atoms with Crippen LogP contribution in [0.5, 0.6) is 0 Å². The number of rotatable bonds is 4. The summed E-state index contributed by atoms with van der Waals surface area (Å²) in [6.07, 6.45) is 1.17. The number of anilines is 1. The van der Waals surface area contributed by atoms with E-state index in [0.29, 0.717) is 10.2 Å². The van der Waals surface area contributed by atoms with E-state index >= 15 is 0 Å². The molecular weight excluding hydrogens is 297 g/mol. The Morgan fingerprint density at radius 1 is 1.50 bits per heavy atom. The molecule has 0 aliphatic carbocycles. The van der Waals surface area contributed by atoms with Crippen LogP contribution < -0.4 is 5.32 Å². The van der Waals surface area contributed by atoms with Gasteiger partial charge in [-0.3, -0.25) is 0 Å². The maximum absolute atomic E-state index is 13.0. The fourth-order valence-electron chi connectivity index (χ4n) is 1.37. The highest BCUT2D eigenvalue weighted by molar-refractivity contribution is 9.10. The summed E-state index contributed by atoms with van der Waals surface area (Å²) in [7, 11) is -3.04. The minimum absolute atomic E-state index is 0.00987. The van der Waals surface area contributed by atoms with E-state index in [1.54, 1.807) is 13.0 Å². The summed E-state index contributed by atoms with van der Waals surface area (Å²) in [5.74, 6) is -0.354. The molecule has 0 saturated carbocycles. The van der Waals surface area contributed by atoms with Gasteiger partial charge in [-0.05, 0) is 41.1 Å². The van der Waals surface area contributed by atoms with Crippen LogP contribution in [-0.4, -0.2) is 26.5 Å². The first-order chi connectivity index (χ1) is 7.28. The van der Waals surface area contributed by atoms with Crippen LogP contribution in [0.1, 0.15) is 6.92 Å². The number of benzene rings is 1. The second kappa shape index (κ2) is 5.14. The van der Waals surface area contributed by atoms with Gasteiger partial charge in [-0.25, -0.2) is 12.8 Å². The molecule has 1 unspecified atom stereocenters. The van der Waals surface area contributed by atoms with E-state index < -0.39 is 9.84 Å². The number of hydrogen-bond acceptors (Lipinski definition) is 3. The minimum atomic E-state index is -3.04. The van der Waals surface area contributed by atoms with Crippen LogP contribution >= 0.6 is 15.9 Å². The van der Waals surface area contributed by atoms with Crippen molar-refractivity contribution >= 4 is 31.5 Å². The van der Waals surface area contributed by atoms with Gasteiger partial charge in [0, 0.05) is 16.8 Å². The van der Waals surface area contributed by atoms with E-state index in [9.17, 15) is 12.8 Å². The van der Waals surface area contributed by atoms with E-state index in [1.165, 1.54) is 18.4 Å². The lowest BCUT2D eigenvalue weighted by atomic mass is 10.3. The summed E-state index contributed by atoms with van der Waals surface area (Å²) in [6.45, 7) is 1.73. The topological polar surface area (TPSA) is 46.2 Å². The zero-order chi connectivity index (χ0) is 12.3. The Labute approximate surface area is 103 Å². The predicted molar refractivity (Wildman–Crippen MR) is 66.9 cm³/mol. The Kier molecular flexibility index (Phi) is 4.32. The van der Waals surface area contributed by atoms with Crippen LogP contribution in [-0.2, 0) is 9.84 Å². The second-order valence-electron chi connectivity index (χ2n) is 3.76. The average Bonchev–Trinajstić information content (AvgIpc) is 2.08. The SMILES string of the molecule is CC(CS(C)(=O)=O)Nc1cc(F)ccc1Br. The molecule has 0 aliphatic heterocycles. The van der Waals surface area contributed by atoms with Crippen molar-refractivity contribution in [2.45, 2.75) is 13.0 Å². The van der Waals surface area contributed by atoms with E-state index in [2.05, 4.69) is 21.2 Å². The summed E-state index contributed by atoms with van der Waals surface area (Å²) >= 11 is 3.26. The second-order valence-corrected chi connectivity index (χ2v) is 6.80. The average molecular weight is 310 g/mol. The Hall–Kier alpha value is -0.620. The number of halogens is 2. The highest BCUT2D eigenvalue weighted by Gasteiger charge is 2.11. The van der Waals surface area contributed by atoms with Crippen molar-refractivity contribution in [1.82, 2.24) is 0 Å². The maximum atomic E-state index is 13.0. The van der Waals surface area contributed by atoms with Crippen molar-refractivity contribution in [3.05, 3.63) is 28.5 Å². The van der Waals surface area contributed by atoms with Crippen molar-refractivity contribution in [2.24, 2.45) is 0 Å². The summed E-state index contributed by atoms with van der Waals surface area (Å²) < 4.78 is 35.8. The largest absolute Gasteiger partial charge is 0.381 e. The number of sulfone groups is 1. The van der Waals surface area contributed by atoms with Crippen molar-refractivity contribution in [3.8, 4) is 0 Å². The summed E-state index contributed by atoms with van der Waals surface area (Å²) in [5.41, 5.74) is 0.552. The van der Waals surface area contributed by atoms with E-state index in [4.69, 9.17) is 0 Å². The van der Waals surface area contributed by atoms with Gasteiger partial charge in [-0.15, -0.1) is 0 Å². The predicted octanol–water partition coefficient (Wildman–Crippen LogP) is 2.43. The molecular formula is C10H13BrFNO2S. The molecule has 16 heavy (non-hydrogen) atoms. The van der Waals surface area contributed by atoms with Crippen LogP contribution in [0.2, 0.25) is 0 Å². The van der Waals surface area contributed by atoms with Crippen LogP contribution in [0.3, 0.4) is 0 Å². The molecule has 6 heteroatoms. The molecule has 0 amide bonds. The molecule has 0 aliphatic rings. The Bertz CT molecular complexity index is 476. The lowest BCUT2D eigenvalue weighted by Gasteiger charge is -2.15. The third-order valence-electron chi connectivity index (χ3n) is 1.88. The zero-order valence-corrected chi connectivity index (χ0v) is 11.4. The maximum Gasteiger partial charge on any atom is 0.149 e. The Morgan fingerprint density at radius 3 is 2.69 bits per heavy atom. The molecule has 0 spiro atoms. The first-order valence-corrected chi connectivity index (χ1v) is 7.52. The van der Waals surface area contributed by atoms with E-state index in [1.807, 2.05) is 0 Å². The number of hydrogen-bond donors (Lipinski definition) is 1. The lowest BCUT2D eigenvalue weighted by molar-refractivity contribution is 0.598. The molecule has 3 nitrogen and oxygen atoms in total. The van der Waals surface area contributed by atoms with Gasteiger partial charge in [0.1, 0.15) is 15.7 Å². The highest BCUT2D eigenvalue weighted by Crippen LogP contribution is 2.23. The molecule has 1 rings (SSSR count). The third-order valence-corrected chi connectivity index (χ3v) is 3.68. The molecule has 90 valence electrons. The number of nitrogens with one attached hydrogen (secondary N) is 1. The molecule has 0 fully saturated rings. The summed E-state index contributed by atoms with van der Waals surface area (Å²) in [5, 5.41) is 2.94. The van der Waals surface area contributed by atoms with E-state index in [0.717, 1.165) is 0 Å². The van der Waals surface area contributed by atoms with Crippen LogP contribution in [0.15, 0.2) is 22.7 Å². The van der Waals surface area contributed by atoms with Gasteiger partial charge < -0.3 is 5.32 Å². The molecule has 1 aromatic rings. The van der Waals surface area contributed by atoms with Crippen molar-refractivity contribution in [2.75, 3.05) is 17.3 Å². The van der Waals surface area contributed by atoms with Gasteiger partial charge in [0.2, 0.25) is 0 Å². The summed E-state index contributed by atoms with van der Waals surface area (Å²) in [6, 6.07) is 3.96. The molecule has 1 N–H and O–H groups in total. The van der Waals surface area contributed by atoms with Gasteiger partial charge >= 0.3 is 0 Å². The standard InChI is InChI=1S/C10H13BrFNO2S/c1-7(6-16(2,14)15)13-10-5-8(12)3-4-9(10)11/h3-5,7,13H,6H2,1-2H3. The molecule has 0 bridgehead atoms. The lowest BCUT2D eigenvalue weighted by Crippen LogP contribution is -2.25. The molecule has 0 radical (unpaired) electrons. The van der Waals surface area contributed by atoms with Gasteiger partial charge in [0.25, 0.3) is 0 Å². The third kappa shape index (κ3) is 4.49. The van der Waals surface area contributed by atoms with Crippen molar-refractivity contribution in [3.63, 3.8) is 0 Å².